The third kappa shape index (κ3) is 2.28. The molecule has 1 saturated carbocycles. The molecule has 1 atom stereocenters. The number of para-hydroxylation sites is 1. The number of rotatable bonds is 4. The van der Waals surface area contributed by atoms with Crippen molar-refractivity contribution < 1.29 is 4.74 Å². The van der Waals surface area contributed by atoms with Crippen LogP contribution in [0.25, 0.3) is 11.0 Å². The van der Waals surface area contributed by atoms with Gasteiger partial charge in [0.15, 0.2) is 4.77 Å². The predicted molar refractivity (Wildman–Crippen MR) is 86.5 cm³/mol. The second-order valence-corrected chi connectivity index (χ2v) is 6.44. The van der Waals surface area contributed by atoms with E-state index in [-0.39, 0.29) is 0 Å². The first-order valence-corrected chi connectivity index (χ1v) is 8.29. The van der Waals surface area contributed by atoms with E-state index in [0.717, 1.165) is 28.6 Å². The summed E-state index contributed by atoms with van der Waals surface area (Å²) < 4.78 is 8.84. The molecule has 2 heterocycles. The van der Waals surface area contributed by atoms with E-state index in [9.17, 15) is 0 Å². The molecule has 1 aromatic carbocycles. The third-order valence-corrected chi connectivity index (χ3v) is 4.94. The van der Waals surface area contributed by atoms with Gasteiger partial charge >= 0.3 is 0 Å². The molecule has 2 fully saturated rings. The van der Waals surface area contributed by atoms with E-state index in [1.54, 1.807) is 0 Å². The molecule has 0 amide bonds. The quantitative estimate of drug-likeness (QED) is 0.878. The van der Waals surface area contributed by atoms with Crippen LogP contribution in [-0.4, -0.2) is 40.2 Å². The minimum atomic E-state index is 0.490. The summed E-state index contributed by atoms with van der Waals surface area (Å²) in [6, 6.07) is 7.54. The minimum Gasteiger partial charge on any atom is -0.492 e. The summed E-state index contributed by atoms with van der Waals surface area (Å²) in [5.74, 6) is 0.900. The Morgan fingerprint density at radius 1 is 1.29 bits per heavy atom. The lowest BCUT2D eigenvalue weighted by Crippen LogP contribution is -2.23. The standard InChI is InChI=1S/C16H21N3OS/c1-2-20-14-5-3-4-13-15(14)17-16(21)19(13)12-8-9-18(10-12)11-6-7-11/h3-5,11-12H,2,6-10H2,1H3,(H,17,21). The molecule has 1 aliphatic heterocycles. The number of hydrogen-bond donors (Lipinski definition) is 1. The van der Waals surface area contributed by atoms with Crippen molar-refractivity contribution in [3.05, 3.63) is 23.0 Å². The molecular weight excluding hydrogens is 282 g/mol. The maximum Gasteiger partial charge on any atom is 0.178 e. The molecule has 1 saturated heterocycles. The Kier molecular flexibility index (Phi) is 3.27. The van der Waals surface area contributed by atoms with Gasteiger partial charge in [-0.3, -0.25) is 4.90 Å². The Morgan fingerprint density at radius 2 is 2.14 bits per heavy atom. The molecule has 2 aliphatic rings. The van der Waals surface area contributed by atoms with Gasteiger partial charge in [-0.1, -0.05) is 6.07 Å². The van der Waals surface area contributed by atoms with E-state index in [4.69, 9.17) is 17.0 Å². The summed E-state index contributed by atoms with van der Waals surface area (Å²) in [7, 11) is 0. The zero-order valence-corrected chi connectivity index (χ0v) is 13.2. The smallest absolute Gasteiger partial charge is 0.178 e. The number of fused-ring (bicyclic) bond motifs is 1. The highest BCUT2D eigenvalue weighted by Gasteiger charge is 2.35. The van der Waals surface area contributed by atoms with Crippen LogP contribution in [0.15, 0.2) is 18.2 Å². The number of H-pyrrole nitrogens is 1. The first-order chi connectivity index (χ1) is 10.3. The van der Waals surface area contributed by atoms with Crippen LogP contribution >= 0.6 is 12.2 Å². The van der Waals surface area contributed by atoms with E-state index < -0.39 is 0 Å². The van der Waals surface area contributed by atoms with E-state index in [2.05, 4.69) is 26.6 Å². The fourth-order valence-electron chi connectivity index (χ4n) is 3.51. The highest BCUT2D eigenvalue weighted by atomic mass is 32.1. The van der Waals surface area contributed by atoms with Gasteiger partial charge in [-0.15, -0.1) is 0 Å². The topological polar surface area (TPSA) is 33.2 Å². The number of nitrogens with zero attached hydrogens (tertiary/aromatic N) is 2. The Labute approximate surface area is 129 Å². The molecule has 4 nitrogen and oxygen atoms in total. The lowest BCUT2D eigenvalue weighted by molar-refractivity contribution is 0.314. The number of ether oxygens (including phenoxy) is 1. The monoisotopic (exact) mass is 303 g/mol. The summed E-state index contributed by atoms with van der Waals surface area (Å²) in [4.78, 5) is 5.97. The number of hydrogen-bond acceptors (Lipinski definition) is 3. The second-order valence-electron chi connectivity index (χ2n) is 6.05. The summed E-state index contributed by atoms with van der Waals surface area (Å²) in [6.07, 6.45) is 3.94. The van der Waals surface area contributed by atoms with Crippen molar-refractivity contribution in [2.24, 2.45) is 0 Å². The van der Waals surface area contributed by atoms with E-state index >= 15 is 0 Å². The van der Waals surface area contributed by atoms with Crippen molar-refractivity contribution in [2.75, 3.05) is 19.7 Å². The van der Waals surface area contributed by atoms with Crippen molar-refractivity contribution in [3.63, 3.8) is 0 Å². The molecule has 1 unspecified atom stereocenters. The van der Waals surface area contributed by atoms with E-state index in [0.29, 0.717) is 12.6 Å². The summed E-state index contributed by atoms with van der Waals surface area (Å²) >= 11 is 5.59. The molecule has 0 radical (unpaired) electrons. The Morgan fingerprint density at radius 3 is 2.90 bits per heavy atom. The van der Waals surface area contributed by atoms with Crippen LogP contribution in [-0.2, 0) is 0 Å². The maximum absolute atomic E-state index is 5.72. The maximum atomic E-state index is 5.72. The zero-order chi connectivity index (χ0) is 14.4. The number of imidazole rings is 1. The van der Waals surface area contributed by atoms with Crippen LogP contribution in [0.4, 0.5) is 0 Å². The third-order valence-electron chi connectivity index (χ3n) is 4.64. The molecule has 0 spiro atoms. The number of aromatic amines is 1. The van der Waals surface area contributed by atoms with Gasteiger partial charge < -0.3 is 14.3 Å². The van der Waals surface area contributed by atoms with Crippen molar-refractivity contribution in [3.8, 4) is 5.75 Å². The van der Waals surface area contributed by atoms with Crippen molar-refractivity contribution in [1.29, 1.82) is 0 Å². The van der Waals surface area contributed by atoms with Crippen molar-refractivity contribution in [2.45, 2.75) is 38.3 Å². The average molecular weight is 303 g/mol. The van der Waals surface area contributed by atoms with E-state index in [1.807, 2.05) is 13.0 Å². The summed E-state index contributed by atoms with van der Waals surface area (Å²) in [5, 5.41) is 0. The molecule has 2 aromatic rings. The fraction of sp³-hybridized carbons (Fsp3) is 0.562. The first-order valence-electron chi connectivity index (χ1n) is 7.88. The number of likely N-dealkylation sites (tertiary alicyclic amines) is 1. The highest BCUT2D eigenvalue weighted by molar-refractivity contribution is 7.71. The zero-order valence-electron chi connectivity index (χ0n) is 12.3. The van der Waals surface area contributed by atoms with Gasteiger partial charge in [0, 0.05) is 19.1 Å². The number of benzene rings is 1. The van der Waals surface area contributed by atoms with Crippen LogP contribution in [0, 0.1) is 4.77 Å². The van der Waals surface area contributed by atoms with Crippen molar-refractivity contribution >= 4 is 23.3 Å². The lowest BCUT2D eigenvalue weighted by Gasteiger charge is -2.16. The molecule has 5 heteroatoms. The highest BCUT2D eigenvalue weighted by Crippen LogP contribution is 2.35. The number of nitrogens with one attached hydrogen (secondary N) is 1. The first kappa shape index (κ1) is 13.3. The van der Waals surface area contributed by atoms with E-state index in [1.165, 1.54) is 31.3 Å². The summed E-state index contributed by atoms with van der Waals surface area (Å²) in [5.41, 5.74) is 2.21. The molecule has 1 N–H and O–H groups in total. The van der Waals surface area contributed by atoms with Gasteiger partial charge in [0.05, 0.1) is 18.2 Å². The molecule has 0 bridgehead atoms. The summed E-state index contributed by atoms with van der Waals surface area (Å²) in [6.45, 7) is 5.01. The Hall–Kier alpha value is -1.33. The largest absolute Gasteiger partial charge is 0.492 e. The van der Waals surface area contributed by atoms with Crippen LogP contribution in [0.1, 0.15) is 32.2 Å². The Balaban J connectivity index is 1.73. The van der Waals surface area contributed by atoms with Gasteiger partial charge in [-0.05, 0) is 50.5 Å². The minimum absolute atomic E-state index is 0.490. The normalized spacial score (nSPS) is 23.0. The van der Waals surface area contributed by atoms with Crippen LogP contribution in [0.3, 0.4) is 0 Å². The molecule has 4 rings (SSSR count). The van der Waals surface area contributed by atoms with Gasteiger partial charge in [-0.25, -0.2) is 0 Å². The predicted octanol–water partition coefficient (Wildman–Crippen LogP) is 3.51. The molecule has 112 valence electrons. The van der Waals surface area contributed by atoms with Gasteiger partial charge in [0.1, 0.15) is 11.3 Å². The SMILES string of the molecule is CCOc1cccc2c1[nH]c(=S)n2C1CCN(C2CC2)C1. The molecule has 1 aliphatic carbocycles. The van der Waals surface area contributed by atoms with Crippen molar-refractivity contribution in [1.82, 2.24) is 14.5 Å². The van der Waals surface area contributed by atoms with Gasteiger partial charge in [-0.2, -0.15) is 0 Å². The van der Waals surface area contributed by atoms with Gasteiger partial charge in [0.2, 0.25) is 0 Å². The Bertz CT molecular complexity index is 716. The van der Waals surface area contributed by atoms with Crippen LogP contribution in [0.2, 0.25) is 0 Å². The van der Waals surface area contributed by atoms with Gasteiger partial charge in [0.25, 0.3) is 0 Å². The molecule has 21 heavy (non-hydrogen) atoms. The second kappa shape index (κ2) is 5.14. The fourth-order valence-corrected chi connectivity index (χ4v) is 3.86. The molecular formula is C16H21N3OS. The molecule has 1 aromatic heterocycles. The lowest BCUT2D eigenvalue weighted by atomic mass is 10.2. The average Bonchev–Trinajstić information content (AvgIpc) is 3.11. The van der Waals surface area contributed by atoms with Crippen LogP contribution in [0.5, 0.6) is 5.75 Å². The number of aromatic nitrogens is 2. The van der Waals surface area contributed by atoms with Crippen LogP contribution < -0.4 is 4.74 Å².